The molecule has 0 aromatic heterocycles. The number of rotatable bonds is 4. The van der Waals surface area contributed by atoms with Gasteiger partial charge in [0.2, 0.25) is 0 Å². The summed E-state index contributed by atoms with van der Waals surface area (Å²) in [6.45, 7) is 0. The third-order valence-electron chi connectivity index (χ3n) is 4.29. The molecule has 1 N–H and O–H groups in total. The molecule has 124 valence electrons. The van der Waals surface area contributed by atoms with Crippen molar-refractivity contribution < 1.29 is 9.90 Å². The summed E-state index contributed by atoms with van der Waals surface area (Å²) in [5, 5.41) is 10.7. The molecule has 25 heavy (non-hydrogen) atoms. The maximum absolute atomic E-state index is 12.8. The third kappa shape index (κ3) is 2.95. The van der Waals surface area contributed by atoms with Gasteiger partial charge in [-0.2, -0.15) is 0 Å². The highest BCUT2D eigenvalue weighted by Crippen LogP contribution is 2.40. The number of amides is 1. The zero-order valence-electron chi connectivity index (χ0n) is 13.5. The Morgan fingerprint density at radius 2 is 1.56 bits per heavy atom. The van der Waals surface area contributed by atoms with Crippen LogP contribution < -0.4 is 4.90 Å². The van der Waals surface area contributed by atoms with Crippen LogP contribution in [0.25, 0.3) is 0 Å². The molecule has 1 amide bonds. The molecule has 1 aliphatic rings. The number of aliphatic hydroxyl groups is 1. The van der Waals surface area contributed by atoms with Crippen LogP contribution >= 0.6 is 11.8 Å². The quantitative estimate of drug-likeness (QED) is 0.700. The van der Waals surface area contributed by atoms with Gasteiger partial charge in [-0.05, 0) is 23.8 Å². The molecule has 0 bridgehead atoms. The van der Waals surface area contributed by atoms with Crippen LogP contribution in [0.1, 0.15) is 27.7 Å². The van der Waals surface area contributed by atoms with E-state index in [2.05, 4.69) is 12.1 Å². The predicted molar refractivity (Wildman–Crippen MR) is 101 cm³/mol. The average molecular weight is 347 g/mol. The summed E-state index contributed by atoms with van der Waals surface area (Å²) in [5.74, 6) is 0.652. The number of anilines is 1. The third-order valence-corrected chi connectivity index (χ3v) is 5.43. The smallest absolute Gasteiger partial charge is 0.261 e. The molecule has 0 fully saturated rings. The molecule has 0 saturated heterocycles. The number of fused-ring (bicyclic) bond motifs is 1. The first-order valence-corrected chi connectivity index (χ1v) is 9.10. The lowest BCUT2D eigenvalue weighted by atomic mass is 10.1. The highest BCUT2D eigenvalue weighted by Gasteiger charge is 2.37. The number of carbonyl (C=O) groups excluding carboxylic acids is 1. The van der Waals surface area contributed by atoms with E-state index in [1.54, 1.807) is 23.9 Å². The summed E-state index contributed by atoms with van der Waals surface area (Å²) in [5.41, 5.74) is 3.20. The number of benzene rings is 3. The summed E-state index contributed by atoms with van der Waals surface area (Å²) in [6, 6.07) is 25.2. The Balaban J connectivity index is 1.65. The van der Waals surface area contributed by atoms with Gasteiger partial charge < -0.3 is 5.11 Å². The van der Waals surface area contributed by atoms with Gasteiger partial charge in [0, 0.05) is 21.8 Å². The maximum atomic E-state index is 12.8. The number of hydrogen-bond acceptors (Lipinski definition) is 3. The fourth-order valence-electron chi connectivity index (χ4n) is 3.05. The van der Waals surface area contributed by atoms with Gasteiger partial charge in [-0.25, -0.2) is 0 Å². The Bertz CT molecular complexity index is 911. The monoisotopic (exact) mass is 347 g/mol. The van der Waals surface area contributed by atoms with Gasteiger partial charge in [-0.1, -0.05) is 60.7 Å². The molecular weight excluding hydrogens is 330 g/mol. The molecule has 4 heteroatoms. The largest absolute Gasteiger partial charge is 0.369 e. The Morgan fingerprint density at radius 1 is 0.880 bits per heavy atom. The number of para-hydroxylation sites is 1. The molecule has 1 aliphatic heterocycles. The zero-order chi connectivity index (χ0) is 17.2. The van der Waals surface area contributed by atoms with Crippen LogP contribution in [0.3, 0.4) is 0 Å². The molecule has 3 aromatic rings. The molecule has 1 atom stereocenters. The molecule has 0 saturated carbocycles. The first-order chi connectivity index (χ1) is 12.3. The summed E-state index contributed by atoms with van der Waals surface area (Å²) in [6.07, 6.45) is -0.942. The van der Waals surface area contributed by atoms with Crippen molar-refractivity contribution in [2.24, 2.45) is 0 Å². The van der Waals surface area contributed by atoms with Crippen molar-refractivity contribution in [1.82, 2.24) is 0 Å². The minimum Gasteiger partial charge on any atom is -0.369 e. The van der Waals surface area contributed by atoms with Crippen molar-refractivity contribution in [2.45, 2.75) is 16.9 Å². The van der Waals surface area contributed by atoms with Crippen LogP contribution in [0.4, 0.5) is 5.69 Å². The van der Waals surface area contributed by atoms with E-state index in [9.17, 15) is 9.90 Å². The first-order valence-electron chi connectivity index (χ1n) is 8.12. The van der Waals surface area contributed by atoms with E-state index in [1.165, 1.54) is 10.5 Å². The van der Waals surface area contributed by atoms with Crippen LogP contribution in [0.2, 0.25) is 0 Å². The van der Waals surface area contributed by atoms with Gasteiger partial charge in [0.15, 0.2) is 6.23 Å². The molecule has 4 rings (SSSR count). The second-order valence-corrected chi connectivity index (χ2v) is 6.90. The Labute approximate surface area is 150 Å². The van der Waals surface area contributed by atoms with Gasteiger partial charge >= 0.3 is 0 Å². The van der Waals surface area contributed by atoms with E-state index in [0.29, 0.717) is 11.1 Å². The normalized spacial score (nSPS) is 16.1. The summed E-state index contributed by atoms with van der Waals surface area (Å²) < 4.78 is 0. The van der Waals surface area contributed by atoms with Crippen LogP contribution in [0.5, 0.6) is 0 Å². The highest BCUT2D eigenvalue weighted by molar-refractivity contribution is 7.98. The van der Waals surface area contributed by atoms with E-state index in [1.807, 2.05) is 54.6 Å². The van der Waals surface area contributed by atoms with Crippen LogP contribution in [0, 0.1) is 0 Å². The second-order valence-electron chi connectivity index (χ2n) is 5.88. The standard InChI is InChI=1S/C21H17NO2S/c23-20-16-10-4-5-11-17(16)21(24)22(20)18-12-6-7-13-19(18)25-14-15-8-2-1-3-9-15/h1-13,20,23H,14H2. The average Bonchev–Trinajstić information content (AvgIpc) is 2.92. The Hall–Kier alpha value is -2.56. The van der Waals surface area contributed by atoms with Crippen LogP contribution in [-0.4, -0.2) is 11.0 Å². The molecule has 3 aromatic carbocycles. The molecule has 1 heterocycles. The summed E-state index contributed by atoms with van der Waals surface area (Å²) in [7, 11) is 0. The fourth-order valence-corrected chi connectivity index (χ4v) is 4.06. The molecular formula is C21H17NO2S. The molecule has 1 unspecified atom stereocenters. The van der Waals surface area contributed by atoms with Crippen molar-refractivity contribution >= 4 is 23.4 Å². The summed E-state index contributed by atoms with van der Waals surface area (Å²) in [4.78, 5) is 15.3. The van der Waals surface area contributed by atoms with E-state index < -0.39 is 6.23 Å². The van der Waals surface area contributed by atoms with E-state index >= 15 is 0 Å². The van der Waals surface area contributed by atoms with Crippen molar-refractivity contribution in [3.05, 3.63) is 95.6 Å². The van der Waals surface area contributed by atoms with Crippen molar-refractivity contribution in [3.63, 3.8) is 0 Å². The van der Waals surface area contributed by atoms with Crippen molar-refractivity contribution in [1.29, 1.82) is 0 Å². The van der Waals surface area contributed by atoms with E-state index in [0.717, 1.165) is 16.3 Å². The van der Waals surface area contributed by atoms with Crippen LogP contribution in [0.15, 0.2) is 83.8 Å². The van der Waals surface area contributed by atoms with Crippen LogP contribution in [-0.2, 0) is 5.75 Å². The molecule has 3 nitrogen and oxygen atoms in total. The lowest BCUT2D eigenvalue weighted by molar-refractivity contribution is 0.0934. The Morgan fingerprint density at radius 3 is 2.36 bits per heavy atom. The highest BCUT2D eigenvalue weighted by atomic mass is 32.2. The zero-order valence-corrected chi connectivity index (χ0v) is 14.3. The number of hydrogen-bond donors (Lipinski definition) is 1. The topological polar surface area (TPSA) is 40.5 Å². The van der Waals surface area contributed by atoms with E-state index in [-0.39, 0.29) is 5.91 Å². The number of thioether (sulfide) groups is 1. The van der Waals surface area contributed by atoms with Gasteiger partial charge in [-0.3, -0.25) is 9.69 Å². The lowest BCUT2D eigenvalue weighted by Gasteiger charge is -2.23. The summed E-state index contributed by atoms with van der Waals surface area (Å²) >= 11 is 1.66. The molecule has 0 aliphatic carbocycles. The fraction of sp³-hybridized carbons (Fsp3) is 0.0952. The van der Waals surface area contributed by atoms with Gasteiger partial charge in [0.1, 0.15) is 0 Å². The lowest BCUT2D eigenvalue weighted by Crippen LogP contribution is -2.28. The minimum atomic E-state index is -0.942. The molecule has 0 radical (unpaired) electrons. The minimum absolute atomic E-state index is 0.157. The predicted octanol–water partition coefficient (Wildman–Crippen LogP) is 4.63. The van der Waals surface area contributed by atoms with Gasteiger partial charge in [0.05, 0.1) is 5.69 Å². The van der Waals surface area contributed by atoms with Gasteiger partial charge in [0.25, 0.3) is 5.91 Å². The molecule has 0 spiro atoms. The first kappa shape index (κ1) is 15.9. The number of nitrogens with zero attached hydrogens (tertiary/aromatic N) is 1. The number of carbonyl (C=O) groups is 1. The SMILES string of the molecule is O=C1c2ccccc2C(O)N1c1ccccc1SCc1ccccc1. The van der Waals surface area contributed by atoms with Crippen molar-refractivity contribution in [2.75, 3.05) is 4.90 Å². The number of aliphatic hydroxyl groups excluding tert-OH is 1. The Kier molecular flexibility index (Phi) is 4.30. The van der Waals surface area contributed by atoms with Gasteiger partial charge in [-0.15, -0.1) is 11.8 Å². The second kappa shape index (κ2) is 6.75. The van der Waals surface area contributed by atoms with E-state index in [4.69, 9.17) is 0 Å². The van der Waals surface area contributed by atoms with Crippen molar-refractivity contribution in [3.8, 4) is 0 Å². The maximum Gasteiger partial charge on any atom is 0.261 e.